The average Bonchev–Trinajstić information content (AvgIpc) is 2.96. The lowest BCUT2D eigenvalue weighted by molar-refractivity contribution is -0.153. The van der Waals surface area contributed by atoms with E-state index in [9.17, 15) is 9.59 Å². The van der Waals surface area contributed by atoms with Crippen molar-refractivity contribution in [3.63, 3.8) is 0 Å². The molecule has 2 aliphatic carbocycles. The number of esters is 1. The van der Waals surface area contributed by atoms with Crippen LogP contribution < -0.4 is 9.47 Å². The van der Waals surface area contributed by atoms with E-state index in [1.165, 1.54) is 6.42 Å². The Morgan fingerprint density at radius 2 is 1.62 bits per heavy atom. The molecular weight excluding hydrogens is 510 g/mol. The number of hydrogen-bond donors (Lipinski definition) is 0. The predicted molar refractivity (Wildman–Crippen MR) is 154 cm³/mol. The van der Waals surface area contributed by atoms with Gasteiger partial charge in [0.1, 0.15) is 12.0 Å². The number of hydrogen-bond acceptors (Lipinski definition) is 7. The van der Waals surface area contributed by atoms with Gasteiger partial charge < -0.3 is 14.2 Å². The molecule has 7 heteroatoms. The lowest BCUT2D eigenvalue weighted by Gasteiger charge is -2.37. The van der Waals surface area contributed by atoms with Gasteiger partial charge in [-0.1, -0.05) is 24.6 Å². The molecule has 0 bridgehead atoms. The molecule has 3 atom stereocenters. The summed E-state index contributed by atoms with van der Waals surface area (Å²) in [5, 5.41) is 0. The average molecular weight is 548 g/mol. The highest BCUT2D eigenvalue weighted by molar-refractivity contribution is 7.98. The van der Waals surface area contributed by atoms with Crippen molar-refractivity contribution < 1.29 is 23.8 Å². The van der Waals surface area contributed by atoms with Gasteiger partial charge in [-0.2, -0.15) is 0 Å². The molecule has 39 heavy (non-hydrogen) atoms. The first kappa shape index (κ1) is 27.5. The van der Waals surface area contributed by atoms with Crippen molar-refractivity contribution in [3.8, 4) is 11.5 Å². The van der Waals surface area contributed by atoms with Crippen LogP contribution in [-0.4, -0.2) is 44.0 Å². The van der Waals surface area contributed by atoms with E-state index in [2.05, 4.69) is 12.1 Å². The molecule has 1 saturated carbocycles. The summed E-state index contributed by atoms with van der Waals surface area (Å²) in [4.78, 5) is 33.7. The molecular formula is C32H37NO5S. The van der Waals surface area contributed by atoms with Gasteiger partial charge in [0.05, 0.1) is 14.2 Å². The summed E-state index contributed by atoms with van der Waals surface area (Å²) in [7, 11) is 3.22. The Morgan fingerprint density at radius 3 is 2.28 bits per heavy atom. The zero-order valence-corrected chi connectivity index (χ0v) is 24.0. The van der Waals surface area contributed by atoms with Crippen molar-refractivity contribution in [1.29, 1.82) is 0 Å². The summed E-state index contributed by atoms with van der Waals surface area (Å²) in [5.74, 6) is 0.0458. The smallest absolute Gasteiger partial charge is 0.315 e. The number of benzene rings is 2. The van der Waals surface area contributed by atoms with Gasteiger partial charge in [-0.15, -0.1) is 11.8 Å². The lowest BCUT2D eigenvalue weighted by Crippen LogP contribution is -2.39. The van der Waals surface area contributed by atoms with Crippen LogP contribution in [0.3, 0.4) is 0 Å². The van der Waals surface area contributed by atoms with E-state index in [0.717, 1.165) is 47.4 Å². The second-order valence-electron chi connectivity index (χ2n) is 10.7. The molecule has 1 unspecified atom stereocenters. The minimum atomic E-state index is -0.604. The Bertz CT molecular complexity index is 1290. The van der Waals surface area contributed by atoms with E-state index < -0.39 is 11.8 Å². The van der Waals surface area contributed by atoms with E-state index in [4.69, 9.17) is 19.2 Å². The minimum absolute atomic E-state index is 0.0298. The number of thioether (sulfide) groups is 1. The van der Waals surface area contributed by atoms with Gasteiger partial charge >= 0.3 is 5.97 Å². The summed E-state index contributed by atoms with van der Waals surface area (Å²) in [6.07, 6.45) is 8.13. The van der Waals surface area contributed by atoms with Gasteiger partial charge in [0.15, 0.2) is 17.3 Å². The number of nitrogens with zero attached hydrogens (tertiary/aromatic N) is 1. The zero-order chi connectivity index (χ0) is 27.5. The Kier molecular flexibility index (Phi) is 8.46. The van der Waals surface area contributed by atoms with Crippen molar-refractivity contribution in [3.05, 3.63) is 64.9 Å². The first-order chi connectivity index (χ1) is 18.9. The van der Waals surface area contributed by atoms with Gasteiger partial charge in [-0.3, -0.25) is 14.6 Å². The quantitative estimate of drug-likeness (QED) is 0.278. The molecule has 0 N–H and O–H groups in total. The Hall–Kier alpha value is -3.06. The van der Waals surface area contributed by atoms with Gasteiger partial charge in [0, 0.05) is 34.2 Å². The number of aliphatic imine (C=N–C) groups is 1. The topological polar surface area (TPSA) is 74.2 Å². The molecule has 0 radical (unpaired) electrons. The second kappa shape index (κ2) is 12.0. The van der Waals surface area contributed by atoms with Crippen LogP contribution in [0.5, 0.6) is 11.5 Å². The highest BCUT2D eigenvalue weighted by atomic mass is 32.2. The molecule has 1 aliphatic heterocycles. The maximum absolute atomic E-state index is 13.9. The SMILES string of the molecule is COc1ccc([C@@H]2CC(=O)C3=C(C2)N=C(C)C(C(=O)OC2CCCCC2)[C@@H]3c2ccc(SC)cc2)cc1OC. The van der Waals surface area contributed by atoms with Crippen molar-refractivity contribution in [2.24, 2.45) is 10.9 Å². The summed E-state index contributed by atoms with van der Waals surface area (Å²) in [5.41, 5.74) is 4.14. The molecule has 2 aromatic rings. The first-order valence-corrected chi connectivity index (χ1v) is 15.0. The Morgan fingerprint density at radius 1 is 0.923 bits per heavy atom. The fourth-order valence-corrected chi connectivity index (χ4v) is 6.71. The van der Waals surface area contributed by atoms with Gasteiger partial charge in [0.25, 0.3) is 0 Å². The number of ether oxygens (including phenoxy) is 3. The highest BCUT2D eigenvalue weighted by Crippen LogP contribution is 2.48. The van der Waals surface area contributed by atoms with Crippen LogP contribution >= 0.6 is 11.8 Å². The van der Waals surface area contributed by atoms with Crippen LogP contribution in [0.15, 0.2) is 63.6 Å². The molecule has 2 aromatic carbocycles. The fraction of sp³-hybridized carbons (Fsp3) is 0.469. The standard InChI is InChI=1S/C32H37NO5S/c1-19-29(32(35)38-23-8-6-5-7-9-23)30(20-10-13-24(39-4)14-11-20)31-25(33-19)16-22(17-26(31)34)21-12-15-27(36-2)28(18-21)37-3/h10-15,18,22-23,29-30H,5-9,16-17H2,1-4H3/t22-,29?,30-/m0/s1. The van der Waals surface area contributed by atoms with E-state index in [0.29, 0.717) is 35.6 Å². The minimum Gasteiger partial charge on any atom is -0.493 e. The number of carbonyl (C=O) groups excluding carboxylic acids is 2. The molecule has 5 rings (SSSR count). The normalized spacial score (nSPS) is 23.6. The van der Waals surface area contributed by atoms with Crippen molar-refractivity contribution in [2.45, 2.75) is 74.7 Å². The lowest BCUT2D eigenvalue weighted by atomic mass is 9.69. The summed E-state index contributed by atoms with van der Waals surface area (Å²) in [6, 6.07) is 14.0. The number of carbonyl (C=O) groups is 2. The molecule has 1 heterocycles. The largest absolute Gasteiger partial charge is 0.493 e. The van der Waals surface area contributed by atoms with Crippen LogP contribution in [0, 0.1) is 5.92 Å². The Labute approximate surface area is 235 Å². The number of methoxy groups -OCH3 is 2. The fourth-order valence-electron chi connectivity index (χ4n) is 6.30. The molecule has 1 fully saturated rings. The van der Waals surface area contributed by atoms with Crippen LogP contribution in [0.1, 0.15) is 74.8 Å². The maximum atomic E-state index is 13.9. The first-order valence-electron chi connectivity index (χ1n) is 13.8. The van der Waals surface area contributed by atoms with Crippen LogP contribution in [-0.2, 0) is 14.3 Å². The van der Waals surface area contributed by atoms with Gasteiger partial charge in [-0.05, 0) is 86.6 Å². The number of ketones is 1. The second-order valence-corrected chi connectivity index (χ2v) is 11.6. The number of allylic oxidation sites excluding steroid dienone is 2. The van der Waals surface area contributed by atoms with Crippen LogP contribution in [0.4, 0.5) is 0 Å². The van der Waals surface area contributed by atoms with Crippen molar-refractivity contribution in [2.75, 3.05) is 20.5 Å². The maximum Gasteiger partial charge on any atom is 0.315 e. The number of Topliss-reactive ketones (excluding diaryl/α,β-unsaturated/α-hetero) is 1. The summed E-state index contributed by atoms with van der Waals surface area (Å²) >= 11 is 1.67. The van der Waals surface area contributed by atoms with Crippen LogP contribution in [0.2, 0.25) is 0 Å². The van der Waals surface area contributed by atoms with Gasteiger partial charge in [-0.25, -0.2) is 0 Å². The zero-order valence-electron chi connectivity index (χ0n) is 23.2. The molecule has 0 aromatic heterocycles. The van der Waals surface area contributed by atoms with E-state index in [-0.39, 0.29) is 23.8 Å². The van der Waals surface area contributed by atoms with E-state index >= 15 is 0 Å². The molecule has 206 valence electrons. The number of rotatable bonds is 7. The predicted octanol–water partition coefficient (Wildman–Crippen LogP) is 6.88. The Balaban J connectivity index is 1.51. The summed E-state index contributed by atoms with van der Waals surface area (Å²) in [6.45, 7) is 1.91. The third-order valence-corrected chi connectivity index (χ3v) is 9.08. The monoisotopic (exact) mass is 547 g/mol. The van der Waals surface area contributed by atoms with Crippen molar-refractivity contribution >= 4 is 29.2 Å². The molecule has 6 nitrogen and oxygen atoms in total. The van der Waals surface area contributed by atoms with E-state index in [1.807, 2.05) is 43.5 Å². The molecule has 0 saturated heterocycles. The van der Waals surface area contributed by atoms with Crippen molar-refractivity contribution in [1.82, 2.24) is 0 Å². The molecule has 3 aliphatic rings. The van der Waals surface area contributed by atoms with Crippen LogP contribution in [0.25, 0.3) is 0 Å². The highest BCUT2D eigenvalue weighted by Gasteiger charge is 2.45. The van der Waals surface area contributed by atoms with Gasteiger partial charge in [0.2, 0.25) is 0 Å². The third-order valence-electron chi connectivity index (χ3n) is 8.33. The summed E-state index contributed by atoms with van der Waals surface area (Å²) < 4.78 is 17.0. The van der Waals surface area contributed by atoms with E-state index in [1.54, 1.807) is 26.0 Å². The third kappa shape index (κ3) is 5.65. The molecule has 0 amide bonds. The molecule has 0 spiro atoms.